The molecule has 0 spiro atoms. The van der Waals surface area contributed by atoms with Gasteiger partial charge in [-0.15, -0.1) is 0 Å². The minimum atomic E-state index is -3.49. The Balaban J connectivity index is 2.91. The van der Waals surface area contributed by atoms with Crippen LogP contribution in [0.5, 0.6) is 0 Å². The topological polar surface area (TPSA) is 61.2 Å². The van der Waals surface area contributed by atoms with Gasteiger partial charge in [0.05, 0.1) is 16.9 Å². The van der Waals surface area contributed by atoms with Crippen LogP contribution in [0.3, 0.4) is 0 Å². The number of rotatable bonds is 6. The molecule has 0 saturated heterocycles. The number of nitrogens with zero attached hydrogens (tertiary/aromatic N) is 2. The molecular weight excluding hydrogens is 260 g/mol. The maximum absolute atomic E-state index is 12.3. The Labute approximate surface area is 115 Å². The van der Waals surface area contributed by atoms with E-state index in [0.29, 0.717) is 0 Å². The van der Waals surface area contributed by atoms with E-state index in [0.717, 1.165) is 18.4 Å². The van der Waals surface area contributed by atoms with Crippen molar-refractivity contribution >= 4 is 10.0 Å². The van der Waals surface area contributed by atoms with Gasteiger partial charge in [0.1, 0.15) is 0 Å². The largest absolute Gasteiger partial charge is 0.242 e. The number of nitriles is 1. The molecule has 0 N–H and O–H groups in total. The molecule has 104 valence electrons. The zero-order valence-electron chi connectivity index (χ0n) is 11.6. The molecule has 0 heterocycles. The molecule has 0 bridgehead atoms. The Morgan fingerprint density at radius 1 is 1.32 bits per heavy atom. The second-order valence-electron chi connectivity index (χ2n) is 4.71. The van der Waals surface area contributed by atoms with Crippen LogP contribution in [-0.2, 0) is 16.4 Å². The first-order valence-electron chi connectivity index (χ1n) is 6.36. The van der Waals surface area contributed by atoms with E-state index in [-0.39, 0.29) is 17.4 Å². The van der Waals surface area contributed by atoms with Crippen molar-refractivity contribution in [1.82, 2.24) is 4.31 Å². The molecule has 0 aliphatic heterocycles. The molecule has 4 nitrogen and oxygen atoms in total. The Morgan fingerprint density at radius 3 is 2.37 bits per heavy atom. The minimum absolute atomic E-state index is 0.204. The summed E-state index contributed by atoms with van der Waals surface area (Å²) in [4.78, 5) is 0.278. The fourth-order valence-corrected chi connectivity index (χ4v) is 3.08. The Hall–Kier alpha value is -1.38. The maximum atomic E-state index is 12.3. The van der Waals surface area contributed by atoms with Crippen LogP contribution in [0.4, 0.5) is 0 Å². The van der Waals surface area contributed by atoms with Crippen molar-refractivity contribution in [2.24, 2.45) is 5.92 Å². The summed E-state index contributed by atoms with van der Waals surface area (Å²) in [5.74, 6) is -0.320. The van der Waals surface area contributed by atoms with Crippen LogP contribution in [0, 0.1) is 17.2 Å². The van der Waals surface area contributed by atoms with Gasteiger partial charge in [0, 0.05) is 13.6 Å². The highest BCUT2D eigenvalue weighted by molar-refractivity contribution is 7.89. The monoisotopic (exact) mass is 280 g/mol. The zero-order chi connectivity index (χ0) is 14.5. The molecule has 0 aromatic heterocycles. The summed E-state index contributed by atoms with van der Waals surface area (Å²) in [6.07, 6.45) is 1.98. The highest BCUT2D eigenvalue weighted by atomic mass is 32.2. The first kappa shape index (κ1) is 15.7. The van der Waals surface area contributed by atoms with Crippen molar-refractivity contribution in [3.8, 4) is 6.07 Å². The van der Waals surface area contributed by atoms with Crippen LogP contribution in [-0.4, -0.2) is 26.3 Å². The molecule has 0 aliphatic carbocycles. The lowest BCUT2D eigenvalue weighted by Crippen LogP contribution is -2.30. The van der Waals surface area contributed by atoms with Gasteiger partial charge in [0.2, 0.25) is 10.0 Å². The predicted octanol–water partition coefficient (Wildman–Crippen LogP) is 2.42. The molecule has 1 atom stereocenters. The number of benzene rings is 1. The number of aryl methyl sites for hydroxylation is 1. The summed E-state index contributed by atoms with van der Waals surface area (Å²) in [5, 5.41) is 8.74. The van der Waals surface area contributed by atoms with E-state index in [4.69, 9.17) is 5.26 Å². The molecule has 0 aliphatic rings. The van der Waals surface area contributed by atoms with Gasteiger partial charge in [0.15, 0.2) is 0 Å². The Kier molecular flexibility index (Phi) is 5.52. The normalized spacial score (nSPS) is 13.2. The molecule has 0 saturated carbocycles. The smallest absolute Gasteiger partial charge is 0.207 e. The lowest BCUT2D eigenvalue weighted by atomic mass is 10.1. The number of hydrogen-bond donors (Lipinski definition) is 0. The van der Waals surface area contributed by atoms with Crippen LogP contribution in [0.1, 0.15) is 25.8 Å². The lowest BCUT2D eigenvalue weighted by Gasteiger charge is -2.18. The van der Waals surface area contributed by atoms with Crippen molar-refractivity contribution in [2.45, 2.75) is 31.6 Å². The molecule has 0 fully saturated rings. The molecule has 0 amide bonds. The molecule has 1 rings (SSSR count). The zero-order valence-corrected chi connectivity index (χ0v) is 12.4. The molecule has 1 unspecified atom stereocenters. The summed E-state index contributed by atoms with van der Waals surface area (Å²) in [7, 11) is -1.99. The van der Waals surface area contributed by atoms with Gasteiger partial charge >= 0.3 is 0 Å². The predicted molar refractivity (Wildman–Crippen MR) is 75.0 cm³/mol. The van der Waals surface area contributed by atoms with Crippen LogP contribution >= 0.6 is 0 Å². The SMILES string of the molecule is CCCc1ccc(S(=O)(=O)N(C)CC(C)C#N)cc1. The quantitative estimate of drug-likeness (QED) is 0.804. The molecule has 1 aromatic rings. The molecule has 1 aromatic carbocycles. The minimum Gasteiger partial charge on any atom is -0.207 e. The van der Waals surface area contributed by atoms with Crippen molar-refractivity contribution < 1.29 is 8.42 Å². The van der Waals surface area contributed by atoms with Crippen LogP contribution in [0.15, 0.2) is 29.2 Å². The molecule has 0 radical (unpaired) electrons. The molecular formula is C14H20N2O2S. The van der Waals surface area contributed by atoms with E-state index < -0.39 is 10.0 Å². The Morgan fingerprint density at radius 2 is 1.89 bits per heavy atom. The van der Waals surface area contributed by atoms with Gasteiger partial charge in [0.25, 0.3) is 0 Å². The summed E-state index contributed by atoms with van der Waals surface area (Å²) < 4.78 is 25.8. The Bertz CT molecular complexity index is 544. The highest BCUT2D eigenvalue weighted by Crippen LogP contribution is 2.16. The van der Waals surface area contributed by atoms with Gasteiger partial charge in [-0.2, -0.15) is 9.57 Å². The van der Waals surface area contributed by atoms with E-state index in [9.17, 15) is 8.42 Å². The number of hydrogen-bond acceptors (Lipinski definition) is 3. The molecule has 5 heteroatoms. The van der Waals surface area contributed by atoms with Gasteiger partial charge in [-0.3, -0.25) is 0 Å². The van der Waals surface area contributed by atoms with Gasteiger partial charge in [-0.25, -0.2) is 8.42 Å². The third-order valence-corrected chi connectivity index (χ3v) is 4.76. The fourth-order valence-electron chi connectivity index (χ4n) is 1.82. The maximum Gasteiger partial charge on any atom is 0.242 e. The average Bonchev–Trinajstić information content (AvgIpc) is 2.39. The van der Waals surface area contributed by atoms with Crippen molar-refractivity contribution in [2.75, 3.05) is 13.6 Å². The van der Waals surface area contributed by atoms with Gasteiger partial charge < -0.3 is 0 Å². The number of sulfonamides is 1. The third-order valence-electron chi connectivity index (χ3n) is 2.92. The molecule has 19 heavy (non-hydrogen) atoms. The highest BCUT2D eigenvalue weighted by Gasteiger charge is 2.22. The average molecular weight is 280 g/mol. The van der Waals surface area contributed by atoms with Crippen LogP contribution < -0.4 is 0 Å². The summed E-state index contributed by atoms with van der Waals surface area (Å²) in [6.45, 7) is 3.99. The fraction of sp³-hybridized carbons (Fsp3) is 0.500. The van der Waals surface area contributed by atoms with E-state index in [1.807, 2.05) is 18.2 Å². The summed E-state index contributed by atoms with van der Waals surface area (Å²) in [5.41, 5.74) is 1.13. The summed E-state index contributed by atoms with van der Waals surface area (Å²) >= 11 is 0. The lowest BCUT2D eigenvalue weighted by molar-refractivity contribution is 0.439. The van der Waals surface area contributed by atoms with E-state index in [1.165, 1.54) is 11.4 Å². The third kappa shape index (κ3) is 4.05. The second kappa shape index (κ2) is 6.69. The van der Waals surface area contributed by atoms with E-state index in [2.05, 4.69) is 6.92 Å². The summed E-state index contributed by atoms with van der Waals surface area (Å²) in [6, 6.07) is 9.00. The first-order valence-corrected chi connectivity index (χ1v) is 7.80. The van der Waals surface area contributed by atoms with E-state index in [1.54, 1.807) is 19.1 Å². The van der Waals surface area contributed by atoms with E-state index >= 15 is 0 Å². The first-order chi connectivity index (χ1) is 8.91. The van der Waals surface area contributed by atoms with Crippen LogP contribution in [0.25, 0.3) is 0 Å². The van der Waals surface area contributed by atoms with Crippen LogP contribution in [0.2, 0.25) is 0 Å². The van der Waals surface area contributed by atoms with Crippen molar-refractivity contribution in [1.29, 1.82) is 5.26 Å². The van der Waals surface area contributed by atoms with Crippen molar-refractivity contribution in [3.05, 3.63) is 29.8 Å². The van der Waals surface area contributed by atoms with Gasteiger partial charge in [-0.05, 0) is 31.0 Å². The van der Waals surface area contributed by atoms with Gasteiger partial charge in [-0.1, -0.05) is 25.5 Å². The van der Waals surface area contributed by atoms with Crippen molar-refractivity contribution in [3.63, 3.8) is 0 Å². The standard InChI is InChI=1S/C14H20N2O2S/c1-4-5-13-6-8-14(9-7-13)19(17,18)16(3)11-12(2)10-15/h6-9,12H,4-5,11H2,1-3H3. The second-order valence-corrected chi connectivity index (χ2v) is 6.75.